The zero-order valence-electron chi connectivity index (χ0n) is 14.3. The number of nitrogens with zero attached hydrogens (tertiary/aromatic N) is 1. The summed E-state index contributed by atoms with van der Waals surface area (Å²) in [5, 5.41) is 12.1. The third-order valence-electron chi connectivity index (χ3n) is 3.64. The number of thiophene rings is 1. The number of halogens is 3. The number of guanidine groups is 1. The van der Waals surface area contributed by atoms with E-state index in [0.29, 0.717) is 12.5 Å². The van der Waals surface area contributed by atoms with Crippen molar-refractivity contribution in [3.05, 3.63) is 52.0 Å². The van der Waals surface area contributed by atoms with Gasteiger partial charge in [0.2, 0.25) is 5.91 Å². The van der Waals surface area contributed by atoms with Gasteiger partial charge < -0.3 is 16.0 Å². The molecule has 0 saturated carbocycles. The lowest BCUT2D eigenvalue weighted by molar-refractivity contribution is -0.115. The Morgan fingerprint density at radius 2 is 1.96 bits per heavy atom. The number of hydrogen-bond acceptors (Lipinski definition) is 3. The first-order chi connectivity index (χ1) is 12.4. The minimum Gasteiger partial charge on any atom is -0.356 e. The van der Waals surface area contributed by atoms with Gasteiger partial charge in [0, 0.05) is 13.6 Å². The summed E-state index contributed by atoms with van der Waals surface area (Å²) >= 11 is 1.62. The van der Waals surface area contributed by atoms with Gasteiger partial charge in [-0.25, -0.2) is 13.2 Å². The Balaban J connectivity index is 1.82. The van der Waals surface area contributed by atoms with Crippen LogP contribution < -0.4 is 16.0 Å². The monoisotopic (exact) mass is 384 g/mol. The van der Waals surface area contributed by atoms with E-state index in [4.69, 9.17) is 0 Å². The number of rotatable bonds is 6. The molecule has 2 rings (SSSR count). The van der Waals surface area contributed by atoms with Gasteiger partial charge in [-0.3, -0.25) is 9.79 Å². The van der Waals surface area contributed by atoms with E-state index >= 15 is 0 Å². The Hall–Kier alpha value is -2.55. The molecule has 0 radical (unpaired) electrons. The summed E-state index contributed by atoms with van der Waals surface area (Å²) in [5.41, 5.74) is 0.772. The van der Waals surface area contributed by atoms with Gasteiger partial charge in [0.05, 0.1) is 12.2 Å². The number of carbonyl (C=O) groups excluding carboxylic acids is 1. The summed E-state index contributed by atoms with van der Waals surface area (Å²) in [7, 11) is 1.55. The van der Waals surface area contributed by atoms with E-state index < -0.39 is 29.0 Å². The number of anilines is 1. The van der Waals surface area contributed by atoms with Crippen LogP contribution in [-0.4, -0.2) is 32.0 Å². The third kappa shape index (κ3) is 5.22. The fourth-order valence-electron chi connectivity index (χ4n) is 2.12. The fraction of sp³-hybridized carbons (Fsp3) is 0.294. The van der Waals surface area contributed by atoms with E-state index in [-0.39, 0.29) is 12.5 Å². The lowest BCUT2D eigenvalue weighted by atomic mass is 10.1. The van der Waals surface area contributed by atoms with Crippen LogP contribution in [0.25, 0.3) is 0 Å². The smallest absolute Gasteiger partial charge is 0.243 e. The Labute approximate surface area is 153 Å². The summed E-state index contributed by atoms with van der Waals surface area (Å²) in [6.07, 6.45) is 0. The van der Waals surface area contributed by atoms with Gasteiger partial charge in [0.25, 0.3) is 0 Å². The highest BCUT2D eigenvalue weighted by atomic mass is 32.1. The summed E-state index contributed by atoms with van der Waals surface area (Å²) in [6.45, 7) is 2.45. The molecule has 3 N–H and O–H groups in total. The number of aliphatic imine (C=N–C) groups is 1. The normalized spacial score (nSPS) is 12.6. The average Bonchev–Trinajstić information content (AvgIpc) is 3.17. The molecule has 2 aromatic rings. The van der Waals surface area contributed by atoms with Crippen LogP contribution in [0.3, 0.4) is 0 Å². The molecule has 1 unspecified atom stereocenters. The van der Waals surface area contributed by atoms with E-state index in [1.54, 1.807) is 18.4 Å². The molecule has 0 aliphatic heterocycles. The molecular formula is C17H19F3N4OS. The molecule has 1 amide bonds. The minimum atomic E-state index is -1.63. The van der Waals surface area contributed by atoms with Crippen LogP contribution in [0.5, 0.6) is 0 Å². The lowest BCUT2D eigenvalue weighted by Crippen LogP contribution is -2.42. The van der Waals surface area contributed by atoms with Crippen molar-refractivity contribution in [2.45, 2.75) is 12.8 Å². The van der Waals surface area contributed by atoms with Gasteiger partial charge in [-0.15, -0.1) is 0 Å². The Bertz CT molecular complexity index is 781. The summed E-state index contributed by atoms with van der Waals surface area (Å²) in [5.74, 6) is -4.36. The number of carbonyl (C=O) groups is 1. The third-order valence-corrected chi connectivity index (χ3v) is 4.34. The van der Waals surface area contributed by atoms with Crippen LogP contribution in [0.2, 0.25) is 0 Å². The van der Waals surface area contributed by atoms with E-state index in [1.807, 2.05) is 11.4 Å². The zero-order chi connectivity index (χ0) is 19.1. The van der Waals surface area contributed by atoms with Crippen LogP contribution in [0.1, 0.15) is 18.4 Å². The van der Waals surface area contributed by atoms with Crippen LogP contribution in [0.4, 0.5) is 18.9 Å². The van der Waals surface area contributed by atoms with Crippen molar-refractivity contribution in [1.82, 2.24) is 10.6 Å². The van der Waals surface area contributed by atoms with Crippen molar-refractivity contribution in [2.24, 2.45) is 4.99 Å². The molecule has 0 fully saturated rings. The van der Waals surface area contributed by atoms with E-state index in [2.05, 4.69) is 33.2 Å². The molecule has 0 aliphatic carbocycles. The highest BCUT2D eigenvalue weighted by molar-refractivity contribution is 7.07. The van der Waals surface area contributed by atoms with Crippen molar-refractivity contribution in [3.8, 4) is 0 Å². The Morgan fingerprint density at radius 1 is 1.19 bits per heavy atom. The highest BCUT2D eigenvalue weighted by Crippen LogP contribution is 2.19. The van der Waals surface area contributed by atoms with Gasteiger partial charge in [0.15, 0.2) is 23.4 Å². The molecule has 0 saturated heterocycles. The zero-order valence-corrected chi connectivity index (χ0v) is 15.1. The maximum absolute atomic E-state index is 13.5. The second-order valence-electron chi connectivity index (χ2n) is 5.54. The highest BCUT2D eigenvalue weighted by Gasteiger charge is 2.15. The number of hydrogen-bond donors (Lipinski definition) is 3. The predicted molar refractivity (Wildman–Crippen MR) is 97.0 cm³/mol. The van der Waals surface area contributed by atoms with E-state index in [9.17, 15) is 18.0 Å². The molecule has 0 bridgehead atoms. The fourth-order valence-corrected chi connectivity index (χ4v) is 2.91. The van der Waals surface area contributed by atoms with Gasteiger partial charge in [0.1, 0.15) is 0 Å². The van der Waals surface area contributed by atoms with Crippen LogP contribution in [0.15, 0.2) is 34.0 Å². The quantitative estimate of drug-likeness (QED) is 0.407. The van der Waals surface area contributed by atoms with Gasteiger partial charge in [-0.1, -0.05) is 6.92 Å². The largest absolute Gasteiger partial charge is 0.356 e. The van der Waals surface area contributed by atoms with E-state index in [1.165, 1.54) is 5.56 Å². The lowest BCUT2D eigenvalue weighted by Gasteiger charge is -2.15. The Kier molecular flexibility index (Phi) is 7.02. The minimum absolute atomic E-state index is 0.217. The predicted octanol–water partition coefficient (Wildman–Crippen LogP) is 3.07. The standard InChI is InChI=1S/C17H19F3N4OS/c1-10(11-5-6-26-9-11)7-22-17(21-2)23-8-14(25)24-13-4-3-12(18)15(19)16(13)20/h3-6,9-10H,7-8H2,1-2H3,(H,24,25)(H2,21,22,23). The van der Waals surface area contributed by atoms with Crippen molar-refractivity contribution in [2.75, 3.05) is 25.5 Å². The molecular weight excluding hydrogens is 365 g/mol. The summed E-state index contributed by atoms with van der Waals surface area (Å²) in [4.78, 5) is 15.9. The summed E-state index contributed by atoms with van der Waals surface area (Å²) in [6, 6.07) is 3.74. The maximum atomic E-state index is 13.5. The second kappa shape index (κ2) is 9.23. The first-order valence-electron chi connectivity index (χ1n) is 7.82. The number of nitrogens with one attached hydrogen (secondary N) is 3. The van der Waals surface area contributed by atoms with Gasteiger partial charge >= 0.3 is 0 Å². The molecule has 140 valence electrons. The molecule has 1 aromatic heterocycles. The van der Waals surface area contributed by atoms with Crippen molar-refractivity contribution in [3.63, 3.8) is 0 Å². The molecule has 9 heteroatoms. The molecule has 1 atom stereocenters. The molecule has 1 aromatic carbocycles. The average molecular weight is 384 g/mol. The molecule has 0 spiro atoms. The second-order valence-corrected chi connectivity index (χ2v) is 6.32. The number of amides is 1. The number of benzene rings is 1. The first-order valence-corrected chi connectivity index (χ1v) is 8.76. The molecule has 5 nitrogen and oxygen atoms in total. The molecule has 1 heterocycles. The van der Waals surface area contributed by atoms with E-state index in [0.717, 1.165) is 12.1 Å². The van der Waals surface area contributed by atoms with Gasteiger partial charge in [-0.05, 0) is 40.4 Å². The molecule has 26 heavy (non-hydrogen) atoms. The van der Waals surface area contributed by atoms with Crippen molar-refractivity contribution >= 4 is 28.9 Å². The van der Waals surface area contributed by atoms with Crippen molar-refractivity contribution < 1.29 is 18.0 Å². The topological polar surface area (TPSA) is 65.5 Å². The first kappa shape index (κ1) is 19.8. The van der Waals surface area contributed by atoms with Crippen LogP contribution in [-0.2, 0) is 4.79 Å². The van der Waals surface area contributed by atoms with Crippen LogP contribution >= 0.6 is 11.3 Å². The van der Waals surface area contributed by atoms with Gasteiger partial charge in [-0.2, -0.15) is 11.3 Å². The summed E-state index contributed by atoms with van der Waals surface area (Å²) < 4.78 is 39.6. The van der Waals surface area contributed by atoms with Crippen LogP contribution in [0, 0.1) is 17.5 Å². The van der Waals surface area contributed by atoms with Crippen molar-refractivity contribution in [1.29, 1.82) is 0 Å². The Morgan fingerprint density at radius 3 is 2.62 bits per heavy atom. The molecule has 0 aliphatic rings. The maximum Gasteiger partial charge on any atom is 0.243 e. The SMILES string of the molecule is CN=C(NCC(=O)Nc1ccc(F)c(F)c1F)NCC(C)c1ccsc1.